The Morgan fingerprint density at radius 3 is 2.48 bits per heavy atom. The molecule has 0 spiro atoms. The SMILES string of the molecule is C[C@H](N)c1ccc(Oc2ccc(C#N)cc2[N+](=O)[O-])cc1. The van der Waals surface area contributed by atoms with Gasteiger partial charge in [0.15, 0.2) is 0 Å². The van der Waals surface area contributed by atoms with E-state index in [4.69, 9.17) is 15.7 Å². The van der Waals surface area contributed by atoms with Gasteiger partial charge in [-0.15, -0.1) is 0 Å². The second-order valence-electron chi connectivity index (χ2n) is 4.51. The lowest BCUT2D eigenvalue weighted by Gasteiger charge is -2.09. The molecular weight excluding hydrogens is 270 g/mol. The summed E-state index contributed by atoms with van der Waals surface area (Å²) in [5.74, 6) is 0.555. The third kappa shape index (κ3) is 3.35. The van der Waals surface area contributed by atoms with Crippen molar-refractivity contribution in [3.63, 3.8) is 0 Å². The number of hydrogen-bond acceptors (Lipinski definition) is 5. The first-order valence-electron chi connectivity index (χ1n) is 6.23. The maximum absolute atomic E-state index is 11.0. The highest BCUT2D eigenvalue weighted by Gasteiger charge is 2.16. The standard InChI is InChI=1S/C15H13N3O3/c1-10(17)12-3-5-13(6-4-12)21-15-7-2-11(9-16)8-14(15)18(19)20/h2-8,10H,17H2,1H3/t10-/m0/s1. The van der Waals surface area contributed by atoms with Gasteiger partial charge in [-0.1, -0.05) is 12.1 Å². The number of nitro groups is 1. The van der Waals surface area contributed by atoms with Crippen LogP contribution in [0.2, 0.25) is 0 Å². The summed E-state index contributed by atoms with van der Waals surface area (Å²) in [6, 6.07) is 12.8. The van der Waals surface area contributed by atoms with Crippen molar-refractivity contribution in [3.05, 3.63) is 63.7 Å². The summed E-state index contributed by atoms with van der Waals surface area (Å²) in [5.41, 5.74) is 6.66. The molecule has 0 saturated heterocycles. The monoisotopic (exact) mass is 283 g/mol. The Morgan fingerprint density at radius 1 is 1.29 bits per heavy atom. The lowest BCUT2D eigenvalue weighted by Crippen LogP contribution is -2.04. The summed E-state index contributed by atoms with van der Waals surface area (Å²) < 4.78 is 5.51. The number of nitro benzene ring substituents is 1. The van der Waals surface area contributed by atoms with Crippen LogP contribution in [0, 0.1) is 21.4 Å². The molecule has 6 nitrogen and oxygen atoms in total. The average molecular weight is 283 g/mol. The normalized spacial score (nSPS) is 11.5. The first-order chi connectivity index (χ1) is 10.0. The van der Waals surface area contributed by atoms with E-state index >= 15 is 0 Å². The number of hydrogen-bond donors (Lipinski definition) is 1. The van der Waals surface area contributed by atoms with E-state index < -0.39 is 4.92 Å². The molecule has 0 amide bonds. The highest BCUT2D eigenvalue weighted by Crippen LogP contribution is 2.32. The Bertz CT molecular complexity index is 703. The Hall–Kier alpha value is -2.91. The fraction of sp³-hybridized carbons (Fsp3) is 0.133. The van der Waals surface area contributed by atoms with Gasteiger partial charge in [0.2, 0.25) is 5.75 Å². The van der Waals surface area contributed by atoms with Gasteiger partial charge in [0.05, 0.1) is 16.6 Å². The lowest BCUT2D eigenvalue weighted by molar-refractivity contribution is -0.385. The molecule has 2 aromatic rings. The van der Waals surface area contributed by atoms with Crippen LogP contribution in [0.3, 0.4) is 0 Å². The predicted molar refractivity (Wildman–Crippen MR) is 76.9 cm³/mol. The van der Waals surface area contributed by atoms with E-state index in [0.717, 1.165) is 5.56 Å². The zero-order valence-electron chi connectivity index (χ0n) is 11.3. The molecule has 0 saturated carbocycles. The molecule has 21 heavy (non-hydrogen) atoms. The van der Waals surface area contributed by atoms with Crippen LogP contribution in [-0.4, -0.2) is 4.92 Å². The molecule has 0 aliphatic carbocycles. The zero-order chi connectivity index (χ0) is 15.4. The summed E-state index contributed by atoms with van der Waals surface area (Å²) in [6.07, 6.45) is 0. The molecule has 1 atom stereocenters. The maximum atomic E-state index is 11.0. The quantitative estimate of drug-likeness (QED) is 0.685. The molecule has 0 radical (unpaired) electrons. The maximum Gasteiger partial charge on any atom is 0.312 e. The Morgan fingerprint density at radius 2 is 1.95 bits per heavy atom. The number of nitriles is 1. The summed E-state index contributed by atoms with van der Waals surface area (Å²) >= 11 is 0. The van der Waals surface area contributed by atoms with Crippen molar-refractivity contribution in [1.82, 2.24) is 0 Å². The van der Waals surface area contributed by atoms with Gasteiger partial charge in [0.25, 0.3) is 0 Å². The molecule has 0 aliphatic rings. The molecular formula is C15H13N3O3. The minimum atomic E-state index is -0.577. The summed E-state index contributed by atoms with van der Waals surface area (Å²) in [7, 11) is 0. The van der Waals surface area contributed by atoms with E-state index in [0.29, 0.717) is 5.75 Å². The van der Waals surface area contributed by atoms with Crippen molar-refractivity contribution in [3.8, 4) is 17.6 Å². The molecule has 0 fully saturated rings. The van der Waals surface area contributed by atoms with Crippen molar-refractivity contribution in [2.75, 3.05) is 0 Å². The minimum Gasteiger partial charge on any atom is -0.450 e. The van der Waals surface area contributed by atoms with Crippen molar-refractivity contribution >= 4 is 5.69 Å². The Labute approximate surface area is 121 Å². The fourth-order valence-electron chi connectivity index (χ4n) is 1.78. The second-order valence-corrected chi connectivity index (χ2v) is 4.51. The van der Waals surface area contributed by atoms with Crippen LogP contribution in [0.25, 0.3) is 0 Å². The molecule has 0 aliphatic heterocycles. The summed E-state index contributed by atoms with van der Waals surface area (Å²) in [5, 5.41) is 19.8. The number of rotatable bonds is 4. The molecule has 2 rings (SSSR count). The highest BCUT2D eigenvalue weighted by atomic mass is 16.6. The third-order valence-corrected chi connectivity index (χ3v) is 2.92. The Balaban J connectivity index is 2.31. The van der Waals surface area contributed by atoms with Gasteiger partial charge in [-0.25, -0.2) is 0 Å². The van der Waals surface area contributed by atoms with Crippen LogP contribution in [0.1, 0.15) is 24.1 Å². The summed E-state index contributed by atoms with van der Waals surface area (Å²) in [6.45, 7) is 1.86. The van der Waals surface area contributed by atoms with Crippen molar-refractivity contribution < 1.29 is 9.66 Å². The van der Waals surface area contributed by atoms with Crippen LogP contribution in [0.15, 0.2) is 42.5 Å². The van der Waals surface area contributed by atoms with Crippen LogP contribution in [0.4, 0.5) is 5.69 Å². The average Bonchev–Trinajstić information content (AvgIpc) is 2.48. The molecule has 2 aromatic carbocycles. The van der Waals surface area contributed by atoms with Gasteiger partial charge in [-0.05, 0) is 36.8 Å². The molecule has 0 aromatic heterocycles. The third-order valence-electron chi connectivity index (χ3n) is 2.92. The zero-order valence-corrected chi connectivity index (χ0v) is 11.3. The minimum absolute atomic E-state index is 0.0903. The van der Waals surface area contributed by atoms with Crippen molar-refractivity contribution in [2.45, 2.75) is 13.0 Å². The number of benzene rings is 2. The van der Waals surface area contributed by atoms with Crippen LogP contribution >= 0.6 is 0 Å². The van der Waals surface area contributed by atoms with E-state index in [1.54, 1.807) is 24.3 Å². The molecule has 6 heteroatoms. The predicted octanol–water partition coefficient (Wildman–Crippen LogP) is 3.28. The smallest absolute Gasteiger partial charge is 0.312 e. The van der Waals surface area contributed by atoms with Gasteiger partial charge < -0.3 is 10.5 Å². The van der Waals surface area contributed by atoms with Crippen LogP contribution < -0.4 is 10.5 Å². The van der Waals surface area contributed by atoms with E-state index in [9.17, 15) is 10.1 Å². The fourth-order valence-corrected chi connectivity index (χ4v) is 1.78. The van der Waals surface area contributed by atoms with E-state index in [1.165, 1.54) is 18.2 Å². The largest absolute Gasteiger partial charge is 0.450 e. The van der Waals surface area contributed by atoms with Gasteiger partial charge in [-0.2, -0.15) is 5.26 Å². The molecule has 0 bridgehead atoms. The topological polar surface area (TPSA) is 102 Å². The van der Waals surface area contributed by atoms with Crippen LogP contribution in [-0.2, 0) is 0 Å². The molecule has 0 unspecified atom stereocenters. The second kappa shape index (κ2) is 6.03. The van der Waals surface area contributed by atoms with Gasteiger partial charge >= 0.3 is 5.69 Å². The molecule has 0 heterocycles. The van der Waals surface area contributed by atoms with Gasteiger partial charge in [0.1, 0.15) is 5.75 Å². The van der Waals surface area contributed by atoms with Crippen LogP contribution in [0.5, 0.6) is 11.5 Å². The van der Waals surface area contributed by atoms with Crippen molar-refractivity contribution in [1.29, 1.82) is 5.26 Å². The number of nitrogens with zero attached hydrogens (tertiary/aromatic N) is 2. The number of nitrogens with two attached hydrogens (primary N) is 1. The van der Waals surface area contributed by atoms with Gasteiger partial charge in [0, 0.05) is 12.1 Å². The Kier molecular flexibility index (Phi) is 4.16. The summed E-state index contributed by atoms with van der Waals surface area (Å²) in [4.78, 5) is 10.4. The van der Waals surface area contributed by atoms with E-state index in [-0.39, 0.29) is 23.0 Å². The highest BCUT2D eigenvalue weighted by molar-refractivity contribution is 5.53. The molecule has 2 N–H and O–H groups in total. The van der Waals surface area contributed by atoms with Crippen molar-refractivity contribution in [2.24, 2.45) is 5.73 Å². The first-order valence-corrected chi connectivity index (χ1v) is 6.23. The van der Waals surface area contributed by atoms with E-state index in [2.05, 4.69) is 0 Å². The lowest BCUT2D eigenvalue weighted by atomic mass is 10.1. The van der Waals surface area contributed by atoms with E-state index in [1.807, 2.05) is 13.0 Å². The first kappa shape index (κ1) is 14.5. The molecule has 106 valence electrons. The number of ether oxygens (including phenoxy) is 1. The van der Waals surface area contributed by atoms with Gasteiger partial charge in [-0.3, -0.25) is 10.1 Å².